The van der Waals surface area contributed by atoms with E-state index in [1.54, 1.807) is 6.07 Å². The van der Waals surface area contributed by atoms with Crippen LogP contribution in [0.4, 0.5) is 18.9 Å². The van der Waals surface area contributed by atoms with Crippen LogP contribution in [-0.2, 0) is 32.6 Å². The molecular formula is C26H19F3N2O4S3. The van der Waals surface area contributed by atoms with Crippen molar-refractivity contribution in [3.05, 3.63) is 113 Å². The summed E-state index contributed by atoms with van der Waals surface area (Å²) in [6, 6.07) is 19.3. The molecule has 0 radical (unpaired) electrons. The molecule has 196 valence electrons. The quantitative estimate of drug-likeness (QED) is 0.293. The summed E-state index contributed by atoms with van der Waals surface area (Å²) in [7, 11) is -9.02. The molecule has 38 heavy (non-hydrogen) atoms. The molecule has 0 aliphatic carbocycles. The average molecular weight is 577 g/mol. The number of nitrogens with zero attached hydrogens (tertiary/aromatic N) is 2. The Morgan fingerprint density at radius 2 is 1.53 bits per heavy atom. The van der Waals surface area contributed by atoms with E-state index in [0.717, 1.165) is 23.5 Å². The first-order valence-electron chi connectivity index (χ1n) is 11.2. The molecular weight excluding hydrogens is 557 g/mol. The number of rotatable bonds is 6. The molecule has 1 aliphatic rings. The van der Waals surface area contributed by atoms with Crippen molar-refractivity contribution in [2.24, 2.45) is 4.99 Å². The predicted octanol–water partition coefficient (Wildman–Crippen LogP) is 5.74. The summed E-state index contributed by atoms with van der Waals surface area (Å²) in [5.74, 6) is 0. The smallest absolute Gasteiger partial charge is 0.284 e. The van der Waals surface area contributed by atoms with E-state index in [2.05, 4.69) is 4.99 Å². The Morgan fingerprint density at radius 3 is 2.16 bits per heavy atom. The van der Waals surface area contributed by atoms with Crippen LogP contribution in [0.1, 0.15) is 22.3 Å². The number of benzene rings is 3. The zero-order valence-corrected chi connectivity index (χ0v) is 21.9. The SMILES string of the molecule is O=S(=O)(c1ccccc1)N(c1ccc(C2=NCCc3cc(C(F)(F)F)ccc32)cc1)S(=O)(=O)c1cccs1. The van der Waals surface area contributed by atoms with Gasteiger partial charge in [0.15, 0.2) is 0 Å². The van der Waals surface area contributed by atoms with Crippen LogP contribution in [0.5, 0.6) is 0 Å². The first-order chi connectivity index (χ1) is 18.0. The number of hydrogen-bond donors (Lipinski definition) is 0. The fourth-order valence-electron chi connectivity index (χ4n) is 4.16. The topological polar surface area (TPSA) is 83.9 Å². The number of halogens is 3. The largest absolute Gasteiger partial charge is 0.416 e. The van der Waals surface area contributed by atoms with Crippen LogP contribution in [0.2, 0.25) is 0 Å². The summed E-state index contributed by atoms with van der Waals surface area (Å²) in [5, 5.41) is 1.53. The van der Waals surface area contributed by atoms with Crippen LogP contribution in [0.25, 0.3) is 0 Å². The van der Waals surface area contributed by atoms with Gasteiger partial charge in [0.25, 0.3) is 20.0 Å². The maximum atomic E-state index is 13.6. The third kappa shape index (κ3) is 4.74. The lowest BCUT2D eigenvalue weighted by Crippen LogP contribution is -2.36. The average Bonchev–Trinajstić information content (AvgIpc) is 3.45. The minimum absolute atomic E-state index is 0.116. The maximum absolute atomic E-state index is 13.6. The highest BCUT2D eigenvalue weighted by Crippen LogP contribution is 2.35. The maximum Gasteiger partial charge on any atom is 0.416 e. The molecule has 5 rings (SSSR count). The molecule has 0 amide bonds. The minimum Gasteiger partial charge on any atom is -0.284 e. The Morgan fingerprint density at radius 1 is 0.816 bits per heavy atom. The molecule has 0 unspecified atom stereocenters. The lowest BCUT2D eigenvalue weighted by molar-refractivity contribution is -0.137. The van der Waals surface area contributed by atoms with Gasteiger partial charge in [-0.3, -0.25) is 4.99 Å². The van der Waals surface area contributed by atoms with E-state index >= 15 is 0 Å². The van der Waals surface area contributed by atoms with Gasteiger partial charge in [-0.15, -0.1) is 11.3 Å². The Bertz CT molecular complexity index is 1720. The lowest BCUT2D eigenvalue weighted by Gasteiger charge is -2.24. The van der Waals surface area contributed by atoms with Crippen molar-refractivity contribution >= 4 is 42.8 Å². The van der Waals surface area contributed by atoms with Crippen LogP contribution in [0.15, 0.2) is 104 Å². The third-order valence-corrected chi connectivity index (χ3v) is 11.5. The highest BCUT2D eigenvalue weighted by molar-refractivity contribution is 8.11. The second-order valence-electron chi connectivity index (χ2n) is 8.35. The van der Waals surface area contributed by atoms with Crippen molar-refractivity contribution < 1.29 is 30.0 Å². The molecule has 0 spiro atoms. The van der Waals surface area contributed by atoms with E-state index in [9.17, 15) is 30.0 Å². The monoisotopic (exact) mass is 576 g/mol. The fourth-order valence-corrected chi connectivity index (χ4v) is 9.06. The molecule has 2 heterocycles. The first-order valence-corrected chi connectivity index (χ1v) is 15.0. The van der Waals surface area contributed by atoms with E-state index in [1.165, 1.54) is 72.1 Å². The van der Waals surface area contributed by atoms with Gasteiger partial charge in [0.1, 0.15) is 4.21 Å². The van der Waals surface area contributed by atoms with Crippen LogP contribution < -0.4 is 3.71 Å². The zero-order chi connectivity index (χ0) is 27.1. The highest BCUT2D eigenvalue weighted by Gasteiger charge is 2.38. The van der Waals surface area contributed by atoms with Crippen molar-refractivity contribution in [1.82, 2.24) is 0 Å². The predicted molar refractivity (Wildman–Crippen MR) is 140 cm³/mol. The molecule has 1 aromatic heterocycles. The summed E-state index contributed by atoms with van der Waals surface area (Å²) in [6.45, 7) is 0.284. The number of fused-ring (bicyclic) bond motifs is 1. The summed E-state index contributed by atoms with van der Waals surface area (Å²) in [4.78, 5) is 4.28. The lowest BCUT2D eigenvalue weighted by atomic mass is 9.92. The van der Waals surface area contributed by atoms with Crippen molar-refractivity contribution in [1.29, 1.82) is 0 Å². The van der Waals surface area contributed by atoms with Crippen LogP contribution in [0.3, 0.4) is 0 Å². The summed E-state index contributed by atoms with van der Waals surface area (Å²) >= 11 is 0.892. The standard InChI is InChI=1S/C26H19F3N2O4S3/c27-26(28,29)20-10-13-23-19(17-20)14-15-30-25(23)18-8-11-21(12-9-18)31(38(34,35)24-7-4-16-36-24)37(32,33)22-5-2-1-3-6-22/h1-13,16-17H,14-15H2. The second kappa shape index (κ2) is 9.68. The minimum atomic E-state index is -4.53. The van der Waals surface area contributed by atoms with Gasteiger partial charge < -0.3 is 0 Å². The van der Waals surface area contributed by atoms with Crippen LogP contribution >= 0.6 is 11.3 Å². The molecule has 0 N–H and O–H groups in total. The van der Waals surface area contributed by atoms with E-state index in [-0.39, 0.29) is 21.3 Å². The Kier molecular flexibility index (Phi) is 6.66. The van der Waals surface area contributed by atoms with Gasteiger partial charge in [-0.1, -0.05) is 42.5 Å². The number of aliphatic imine (C=N–C) groups is 1. The Balaban J connectivity index is 1.58. The van der Waals surface area contributed by atoms with Crippen molar-refractivity contribution in [3.63, 3.8) is 0 Å². The van der Waals surface area contributed by atoms with E-state index in [1.807, 2.05) is 0 Å². The molecule has 0 saturated heterocycles. The second-order valence-corrected chi connectivity index (χ2v) is 13.3. The fraction of sp³-hybridized carbons (Fsp3) is 0.115. The first kappa shape index (κ1) is 26.1. The highest BCUT2D eigenvalue weighted by atomic mass is 32.3. The van der Waals surface area contributed by atoms with Gasteiger partial charge in [-0.2, -0.15) is 25.3 Å². The molecule has 6 nitrogen and oxygen atoms in total. The van der Waals surface area contributed by atoms with E-state index in [0.29, 0.717) is 32.5 Å². The molecule has 0 saturated carbocycles. The Hall–Kier alpha value is -3.48. The van der Waals surface area contributed by atoms with Crippen molar-refractivity contribution in [2.45, 2.75) is 21.7 Å². The molecule has 0 bridgehead atoms. The molecule has 0 atom stereocenters. The zero-order valence-electron chi connectivity index (χ0n) is 19.5. The molecule has 12 heteroatoms. The number of hydrogen-bond acceptors (Lipinski definition) is 6. The van der Waals surface area contributed by atoms with E-state index in [4.69, 9.17) is 0 Å². The molecule has 4 aromatic rings. The summed E-state index contributed by atoms with van der Waals surface area (Å²) < 4.78 is 94.0. The van der Waals surface area contributed by atoms with Gasteiger partial charge in [0.2, 0.25) is 0 Å². The van der Waals surface area contributed by atoms with Crippen molar-refractivity contribution in [2.75, 3.05) is 10.3 Å². The number of thiophene rings is 1. The molecule has 3 aromatic carbocycles. The van der Waals surface area contributed by atoms with Gasteiger partial charge in [-0.25, -0.2) is 8.42 Å². The Labute approximate surface area is 221 Å². The van der Waals surface area contributed by atoms with Gasteiger partial charge in [0.05, 0.1) is 21.9 Å². The van der Waals surface area contributed by atoms with E-state index < -0.39 is 31.8 Å². The third-order valence-electron chi connectivity index (χ3n) is 5.92. The van der Waals surface area contributed by atoms with Gasteiger partial charge >= 0.3 is 6.18 Å². The summed E-state index contributed by atoms with van der Waals surface area (Å²) in [6.07, 6.45) is -4.11. The van der Waals surface area contributed by atoms with Crippen LogP contribution in [0, 0.1) is 0 Å². The molecule has 1 aliphatic heterocycles. The van der Waals surface area contributed by atoms with Gasteiger partial charge in [0, 0.05) is 17.7 Å². The number of alkyl halides is 3. The van der Waals surface area contributed by atoms with Crippen molar-refractivity contribution in [3.8, 4) is 0 Å². The van der Waals surface area contributed by atoms with Gasteiger partial charge in [-0.05, 0) is 59.8 Å². The normalized spacial score (nSPS) is 14.0. The summed E-state index contributed by atoms with van der Waals surface area (Å²) in [5.41, 5.74) is 1.15. The van der Waals surface area contributed by atoms with Crippen LogP contribution in [-0.4, -0.2) is 29.1 Å². The molecule has 0 fully saturated rings. The number of sulfonamides is 2. The number of anilines is 1.